The van der Waals surface area contributed by atoms with Crippen LogP contribution in [0, 0.1) is 0 Å². The van der Waals surface area contributed by atoms with E-state index in [4.69, 9.17) is 4.74 Å². The fraction of sp³-hybridized carbons (Fsp3) is 0.300. The Morgan fingerprint density at radius 3 is 2.52 bits per heavy atom. The fourth-order valence-corrected chi connectivity index (χ4v) is 6.58. The van der Waals surface area contributed by atoms with Crippen LogP contribution in [0.5, 0.6) is 5.75 Å². The molecule has 2 amide bonds. The van der Waals surface area contributed by atoms with Crippen molar-refractivity contribution >= 4 is 32.7 Å². The van der Waals surface area contributed by atoms with E-state index in [2.05, 4.69) is 15.6 Å². The molecule has 5 rings (SSSR count). The summed E-state index contributed by atoms with van der Waals surface area (Å²) in [7, 11) is -3.12. The monoisotopic (exact) mass is 596 g/mol. The summed E-state index contributed by atoms with van der Waals surface area (Å²) in [6, 6.07) is 19.9. The first-order valence-corrected chi connectivity index (χ1v) is 15.2. The lowest BCUT2D eigenvalue weighted by molar-refractivity contribution is -0.144. The molecule has 2 heterocycles. The second-order valence-electron chi connectivity index (χ2n) is 10.5. The van der Waals surface area contributed by atoms with Crippen molar-refractivity contribution in [1.29, 1.82) is 0 Å². The maximum Gasteiger partial charge on any atom is 0.321 e. The minimum absolute atomic E-state index is 0.0592. The number of nitrogens with one attached hydrogen (secondary N) is 2. The molecule has 0 saturated carbocycles. The number of carbonyl (C=O) groups is 2. The predicted octanol–water partition coefficient (Wildman–Crippen LogP) is 4.22. The number of alkyl halides is 2. The minimum atomic E-state index is -3.53. The molecule has 4 aromatic rings. The van der Waals surface area contributed by atoms with Crippen molar-refractivity contribution in [3.63, 3.8) is 0 Å². The lowest BCUT2D eigenvalue weighted by Gasteiger charge is -2.27. The highest BCUT2D eigenvalue weighted by Crippen LogP contribution is 2.29. The number of rotatable bonds is 9. The number of sulfone groups is 1. The summed E-state index contributed by atoms with van der Waals surface area (Å²) in [5, 5.41) is 5.15. The van der Waals surface area contributed by atoms with E-state index in [1.165, 1.54) is 0 Å². The number of nitrogens with zero attached hydrogens (tertiary/aromatic N) is 2. The Kier molecular flexibility index (Phi) is 8.00. The molecule has 0 spiro atoms. The van der Waals surface area contributed by atoms with E-state index in [-0.39, 0.29) is 17.4 Å². The Bertz CT molecular complexity index is 1720. The van der Waals surface area contributed by atoms with Crippen LogP contribution in [-0.4, -0.2) is 59.3 Å². The molecule has 1 aliphatic heterocycles. The number of hydrogen-bond donors (Lipinski definition) is 2. The third-order valence-corrected chi connectivity index (χ3v) is 8.84. The lowest BCUT2D eigenvalue weighted by atomic mass is 10.0. The van der Waals surface area contributed by atoms with Crippen LogP contribution < -0.4 is 15.4 Å². The Labute approximate surface area is 241 Å². The highest BCUT2D eigenvalue weighted by atomic mass is 32.2. The number of aromatic nitrogens is 2. The molecule has 3 atom stereocenters. The normalized spacial score (nSPS) is 17.9. The molecule has 9 nitrogen and oxygen atoms in total. The molecular weight excluding hydrogens is 566 g/mol. The summed E-state index contributed by atoms with van der Waals surface area (Å²) >= 11 is 0. The standard InChI is InChI=1S/C30H30F2N4O5S/c1-19(34-29(38)30(2,31)32)27(20-7-4-3-5-8-20)41-24-11-12-26-25(16-24)33-18-36(26)23-10-6-9-21(15-23)28(37)35-22-13-14-42(39,40)17-22/h3-12,15-16,18-19,22,27H,13-14,17H2,1-2H3,(H,34,38)(H,35,37)/t19-,22?,27-/m0/s1. The number of amides is 2. The number of ether oxygens (including phenoxy) is 1. The van der Waals surface area contributed by atoms with Crippen LogP contribution in [0.1, 0.15) is 42.3 Å². The molecule has 3 aromatic carbocycles. The van der Waals surface area contributed by atoms with Gasteiger partial charge in [-0.3, -0.25) is 14.2 Å². The highest BCUT2D eigenvalue weighted by Gasteiger charge is 2.35. The van der Waals surface area contributed by atoms with Gasteiger partial charge in [0.25, 0.3) is 11.8 Å². The first kappa shape index (κ1) is 29.2. The third-order valence-electron chi connectivity index (χ3n) is 7.08. The van der Waals surface area contributed by atoms with E-state index in [0.717, 1.165) is 5.52 Å². The van der Waals surface area contributed by atoms with Crippen LogP contribution in [0.2, 0.25) is 0 Å². The topological polar surface area (TPSA) is 119 Å². The Morgan fingerprint density at radius 2 is 1.83 bits per heavy atom. The summed E-state index contributed by atoms with van der Waals surface area (Å²) in [6.07, 6.45) is 1.24. The molecule has 2 N–H and O–H groups in total. The van der Waals surface area contributed by atoms with Crippen molar-refractivity contribution in [2.75, 3.05) is 11.5 Å². The van der Waals surface area contributed by atoms with Crippen LogP contribution >= 0.6 is 0 Å². The molecule has 1 unspecified atom stereocenters. The van der Waals surface area contributed by atoms with Crippen molar-refractivity contribution < 1.29 is 31.5 Å². The van der Waals surface area contributed by atoms with Gasteiger partial charge in [-0.05, 0) is 49.2 Å². The van der Waals surface area contributed by atoms with Crippen molar-refractivity contribution in [1.82, 2.24) is 20.2 Å². The second kappa shape index (κ2) is 11.5. The van der Waals surface area contributed by atoms with E-state index >= 15 is 0 Å². The summed E-state index contributed by atoms with van der Waals surface area (Å²) in [5.74, 6) is -4.84. The highest BCUT2D eigenvalue weighted by molar-refractivity contribution is 7.91. The van der Waals surface area contributed by atoms with Gasteiger partial charge < -0.3 is 15.4 Å². The van der Waals surface area contributed by atoms with Gasteiger partial charge in [0.2, 0.25) is 0 Å². The number of carbonyl (C=O) groups excluding carboxylic acids is 2. The first-order valence-electron chi connectivity index (χ1n) is 13.4. The van der Waals surface area contributed by atoms with Crippen LogP contribution in [0.4, 0.5) is 8.78 Å². The molecule has 0 radical (unpaired) electrons. The van der Waals surface area contributed by atoms with E-state index in [0.29, 0.717) is 41.4 Å². The number of benzene rings is 3. The first-order chi connectivity index (χ1) is 19.9. The summed E-state index contributed by atoms with van der Waals surface area (Å²) in [4.78, 5) is 29.3. The van der Waals surface area contributed by atoms with Gasteiger partial charge in [0.1, 0.15) is 18.2 Å². The molecule has 1 aliphatic rings. The van der Waals surface area contributed by atoms with Crippen molar-refractivity contribution in [3.8, 4) is 11.4 Å². The summed E-state index contributed by atoms with van der Waals surface area (Å²) < 4.78 is 58.6. The number of fused-ring (bicyclic) bond motifs is 1. The van der Waals surface area contributed by atoms with Crippen molar-refractivity contribution in [2.45, 2.75) is 44.4 Å². The van der Waals surface area contributed by atoms with E-state index in [9.17, 15) is 26.8 Å². The minimum Gasteiger partial charge on any atom is -0.484 e. The number of hydrogen-bond acceptors (Lipinski definition) is 6. The van der Waals surface area contributed by atoms with Crippen LogP contribution in [-0.2, 0) is 14.6 Å². The number of halogens is 2. The Balaban J connectivity index is 1.36. The van der Waals surface area contributed by atoms with E-state index < -0.39 is 39.9 Å². The summed E-state index contributed by atoms with van der Waals surface area (Å²) in [6.45, 7) is 2.14. The van der Waals surface area contributed by atoms with Gasteiger partial charge in [0.05, 0.1) is 28.6 Å². The zero-order valence-electron chi connectivity index (χ0n) is 23.0. The zero-order valence-corrected chi connectivity index (χ0v) is 23.8. The van der Waals surface area contributed by atoms with Gasteiger partial charge in [0.15, 0.2) is 9.84 Å². The smallest absolute Gasteiger partial charge is 0.321 e. The van der Waals surface area contributed by atoms with Crippen LogP contribution in [0.15, 0.2) is 79.1 Å². The van der Waals surface area contributed by atoms with Crippen molar-refractivity contribution in [3.05, 3.63) is 90.3 Å². The molecule has 1 fully saturated rings. The van der Waals surface area contributed by atoms with E-state index in [1.807, 2.05) is 12.1 Å². The average Bonchev–Trinajstić information content (AvgIpc) is 3.53. The SMILES string of the molecule is C[C@H](NC(=O)C(C)(F)F)[C@H](Oc1ccc2c(c1)ncn2-c1cccc(C(=O)NC2CCS(=O)(=O)C2)c1)c1ccccc1. The maximum atomic E-state index is 13.6. The zero-order chi connectivity index (χ0) is 30.1. The van der Waals surface area contributed by atoms with Crippen LogP contribution in [0.3, 0.4) is 0 Å². The van der Waals surface area contributed by atoms with Crippen molar-refractivity contribution in [2.24, 2.45) is 0 Å². The summed E-state index contributed by atoms with van der Waals surface area (Å²) in [5.41, 5.74) is 3.07. The van der Waals surface area contributed by atoms with Crippen LogP contribution in [0.25, 0.3) is 16.7 Å². The third kappa shape index (κ3) is 6.59. The Hall–Kier alpha value is -4.32. The largest absolute Gasteiger partial charge is 0.484 e. The molecule has 1 aromatic heterocycles. The molecule has 1 saturated heterocycles. The molecule has 42 heavy (non-hydrogen) atoms. The van der Waals surface area contributed by atoms with E-state index in [1.54, 1.807) is 78.5 Å². The second-order valence-corrected chi connectivity index (χ2v) is 12.7. The fourth-order valence-electron chi connectivity index (χ4n) is 4.90. The molecule has 12 heteroatoms. The molecule has 0 bridgehead atoms. The average molecular weight is 597 g/mol. The predicted molar refractivity (Wildman–Crippen MR) is 154 cm³/mol. The molecule has 220 valence electrons. The van der Waals surface area contributed by atoms with Gasteiger partial charge in [-0.25, -0.2) is 13.4 Å². The van der Waals surface area contributed by atoms with Gasteiger partial charge in [0, 0.05) is 30.3 Å². The number of imidazole rings is 1. The Morgan fingerprint density at radius 1 is 1.07 bits per heavy atom. The molecular formula is C30H30F2N4O5S. The van der Waals surface area contributed by atoms with Gasteiger partial charge >= 0.3 is 5.92 Å². The van der Waals surface area contributed by atoms with Gasteiger partial charge in [-0.1, -0.05) is 36.4 Å². The quantitative estimate of drug-likeness (QED) is 0.299. The lowest BCUT2D eigenvalue weighted by Crippen LogP contribution is -2.46. The maximum absolute atomic E-state index is 13.6. The van der Waals surface area contributed by atoms with Gasteiger partial charge in [-0.2, -0.15) is 8.78 Å². The molecule has 0 aliphatic carbocycles. The van der Waals surface area contributed by atoms with Gasteiger partial charge in [-0.15, -0.1) is 0 Å².